The SMILES string of the molecule is CN1CC(C(=O)N[C@@H]2CCCc3ccccc32)C(=O)C1=O. The Kier molecular flexibility index (Phi) is 3.49. The number of likely N-dealkylation sites (tertiary alicyclic amines) is 1. The molecule has 5 nitrogen and oxygen atoms in total. The summed E-state index contributed by atoms with van der Waals surface area (Å²) < 4.78 is 0. The molecule has 1 saturated heterocycles. The van der Waals surface area contributed by atoms with Gasteiger partial charge in [-0.05, 0) is 30.4 Å². The van der Waals surface area contributed by atoms with Gasteiger partial charge in [0.25, 0.3) is 5.91 Å². The lowest BCUT2D eigenvalue weighted by Gasteiger charge is -2.27. The van der Waals surface area contributed by atoms with Gasteiger partial charge in [-0.1, -0.05) is 24.3 Å². The summed E-state index contributed by atoms with van der Waals surface area (Å²) in [6, 6.07) is 7.99. The second kappa shape index (κ2) is 5.31. The summed E-state index contributed by atoms with van der Waals surface area (Å²) in [5, 5.41) is 2.95. The van der Waals surface area contributed by atoms with E-state index >= 15 is 0 Å². The number of carbonyl (C=O) groups is 3. The standard InChI is InChI=1S/C16H18N2O3/c1-18-9-12(14(19)16(18)21)15(20)17-13-8-4-6-10-5-2-3-7-11(10)13/h2-3,5,7,12-13H,4,6,8-9H2,1H3,(H,17,20)/t12?,13-/m1/s1. The number of ketones is 1. The molecule has 21 heavy (non-hydrogen) atoms. The van der Waals surface area contributed by atoms with E-state index in [1.165, 1.54) is 10.5 Å². The van der Waals surface area contributed by atoms with Crippen LogP contribution in [-0.2, 0) is 20.8 Å². The number of carbonyl (C=O) groups excluding carboxylic acids is 3. The van der Waals surface area contributed by atoms with Crippen molar-refractivity contribution >= 4 is 17.6 Å². The molecule has 2 aliphatic rings. The highest BCUT2D eigenvalue weighted by atomic mass is 16.2. The molecule has 1 aromatic carbocycles. The molecule has 1 N–H and O–H groups in total. The molecular weight excluding hydrogens is 268 g/mol. The number of fused-ring (bicyclic) bond motifs is 1. The molecule has 0 spiro atoms. The highest BCUT2D eigenvalue weighted by Gasteiger charge is 2.42. The topological polar surface area (TPSA) is 66.5 Å². The third-order valence-electron chi connectivity index (χ3n) is 4.33. The summed E-state index contributed by atoms with van der Waals surface area (Å²) in [4.78, 5) is 36.9. The highest BCUT2D eigenvalue weighted by Crippen LogP contribution is 2.30. The lowest BCUT2D eigenvalue weighted by molar-refractivity contribution is -0.142. The number of Topliss-reactive ketones (excluding diaryl/α,β-unsaturated/α-hetero) is 1. The van der Waals surface area contributed by atoms with Crippen molar-refractivity contribution < 1.29 is 14.4 Å². The van der Waals surface area contributed by atoms with Crippen LogP contribution in [0.3, 0.4) is 0 Å². The van der Waals surface area contributed by atoms with Gasteiger partial charge in [0, 0.05) is 13.6 Å². The molecular formula is C16H18N2O3. The number of rotatable bonds is 2. The second-order valence-corrected chi connectivity index (χ2v) is 5.75. The van der Waals surface area contributed by atoms with Gasteiger partial charge in [-0.3, -0.25) is 14.4 Å². The van der Waals surface area contributed by atoms with E-state index in [0.717, 1.165) is 24.8 Å². The fourth-order valence-corrected chi connectivity index (χ4v) is 3.16. The molecule has 1 heterocycles. The molecule has 0 saturated carbocycles. The maximum Gasteiger partial charge on any atom is 0.290 e. The first-order chi connectivity index (χ1) is 10.1. The van der Waals surface area contributed by atoms with E-state index in [0.29, 0.717) is 0 Å². The Morgan fingerprint density at radius 3 is 2.76 bits per heavy atom. The molecule has 5 heteroatoms. The Balaban J connectivity index is 1.75. The molecule has 2 amide bonds. The van der Waals surface area contributed by atoms with Gasteiger partial charge < -0.3 is 10.2 Å². The summed E-state index contributed by atoms with van der Waals surface area (Å²) in [6.07, 6.45) is 2.90. The number of hydrogen-bond donors (Lipinski definition) is 1. The van der Waals surface area contributed by atoms with Gasteiger partial charge in [0.15, 0.2) is 0 Å². The zero-order chi connectivity index (χ0) is 15.0. The molecule has 1 unspecified atom stereocenters. The highest BCUT2D eigenvalue weighted by molar-refractivity contribution is 6.42. The van der Waals surface area contributed by atoms with Crippen molar-refractivity contribution in [2.24, 2.45) is 5.92 Å². The molecule has 0 radical (unpaired) electrons. The molecule has 2 atom stereocenters. The number of aryl methyl sites for hydroxylation is 1. The van der Waals surface area contributed by atoms with Crippen LogP contribution in [-0.4, -0.2) is 36.1 Å². The van der Waals surface area contributed by atoms with Crippen LogP contribution in [0.25, 0.3) is 0 Å². The van der Waals surface area contributed by atoms with Crippen molar-refractivity contribution in [2.45, 2.75) is 25.3 Å². The van der Waals surface area contributed by atoms with E-state index in [4.69, 9.17) is 0 Å². The van der Waals surface area contributed by atoms with E-state index < -0.39 is 17.6 Å². The second-order valence-electron chi connectivity index (χ2n) is 5.75. The molecule has 0 bridgehead atoms. The summed E-state index contributed by atoms with van der Waals surface area (Å²) in [7, 11) is 1.55. The van der Waals surface area contributed by atoms with E-state index in [1.54, 1.807) is 7.05 Å². The Labute approximate surface area is 123 Å². The fraction of sp³-hybridized carbons (Fsp3) is 0.438. The number of benzene rings is 1. The van der Waals surface area contributed by atoms with Crippen LogP contribution in [0.15, 0.2) is 24.3 Å². The van der Waals surface area contributed by atoms with Crippen LogP contribution >= 0.6 is 0 Å². The Morgan fingerprint density at radius 2 is 2.05 bits per heavy atom. The third-order valence-corrected chi connectivity index (χ3v) is 4.33. The minimum atomic E-state index is -0.864. The smallest absolute Gasteiger partial charge is 0.290 e. The zero-order valence-electron chi connectivity index (χ0n) is 12.0. The van der Waals surface area contributed by atoms with Crippen LogP contribution in [0, 0.1) is 5.92 Å². The van der Waals surface area contributed by atoms with Crippen molar-refractivity contribution in [3.8, 4) is 0 Å². The van der Waals surface area contributed by atoms with Crippen LogP contribution in [0.5, 0.6) is 0 Å². The summed E-state index contributed by atoms with van der Waals surface area (Å²) in [5.41, 5.74) is 2.38. The van der Waals surface area contributed by atoms with Crippen molar-refractivity contribution in [2.75, 3.05) is 13.6 Å². The van der Waals surface area contributed by atoms with E-state index in [2.05, 4.69) is 11.4 Å². The van der Waals surface area contributed by atoms with Crippen molar-refractivity contribution in [1.82, 2.24) is 10.2 Å². The number of likely N-dealkylation sites (N-methyl/N-ethyl adjacent to an activating group) is 1. The monoisotopic (exact) mass is 286 g/mol. The number of amides is 2. The van der Waals surface area contributed by atoms with Gasteiger partial charge in [-0.15, -0.1) is 0 Å². The van der Waals surface area contributed by atoms with Crippen molar-refractivity contribution in [3.05, 3.63) is 35.4 Å². The lowest BCUT2D eigenvalue weighted by atomic mass is 9.87. The maximum atomic E-state index is 12.3. The molecule has 1 aromatic rings. The Hall–Kier alpha value is -2.17. The molecule has 1 fully saturated rings. The van der Waals surface area contributed by atoms with Crippen molar-refractivity contribution in [3.63, 3.8) is 0 Å². The first-order valence-electron chi connectivity index (χ1n) is 7.25. The molecule has 110 valence electrons. The van der Waals surface area contributed by atoms with Crippen LogP contribution in [0.1, 0.15) is 30.0 Å². The molecule has 1 aliphatic heterocycles. The fourth-order valence-electron chi connectivity index (χ4n) is 3.16. The first kappa shape index (κ1) is 13.8. The van der Waals surface area contributed by atoms with Gasteiger partial charge in [0.1, 0.15) is 5.92 Å². The summed E-state index contributed by atoms with van der Waals surface area (Å²) in [5.74, 6) is -2.37. The van der Waals surface area contributed by atoms with Gasteiger partial charge in [0.2, 0.25) is 11.7 Å². The van der Waals surface area contributed by atoms with Crippen LogP contribution in [0.4, 0.5) is 0 Å². The average molecular weight is 286 g/mol. The number of nitrogens with zero attached hydrogens (tertiary/aromatic N) is 1. The normalized spacial score (nSPS) is 24.9. The first-order valence-corrected chi connectivity index (χ1v) is 7.25. The average Bonchev–Trinajstić information content (AvgIpc) is 2.75. The van der Waals surface area contributed by atoms with Gasteiger partial charge in [-0.25, -0.2) is 0 Å². The van der Waals surface area contributed by atoms with Crippen molar-refractivity contribution in [1.29, 1.82) is 0 Å². The number of nitrogens with one attached hydrogen (secondary N) is 1. The molecule has 0 aromatic heterocycles. The Bertz CT molecular complexity index is 611. The van der Waals surface area contributed by atoms with Gasteiger partial charge in [-0.2, -0.15) is 0 Å². The lowest BCUT2D eigenvalue weighted by Crippen LogP contribution is -2.38. The minimum absolute atomic E-state index is 0.0590. The number of hydrogen-bond acceptors (Lipinski definition) is 3. The predicted molar refractivity (Wildman–Crippen MR) is 76.4 cm³/mol. The van der Waals surface area contributed by atoms with Gasteiger partial charge >= 0.3 is 0 Å². The Morgan fingerprint density at radius 1 is 1.29 bits per heavy atom. The van der Waals surface area contributed by atoms with Gasteiger partial charge in [0.05, 0.1) is 6.04 Å². The quantitative estimate of drug-likeness (QED) is 0.647. The largest absolute Gasteiger partial charge is 0.349 e. The van der Waals surface area contributed by atoms with Crippen LogP contribution in [0.2, 0.25) is 0 Å². The maximum absolute atomic E-state index is 12.3. The van der Waals surface area contributed by atoms with E-state index in [9.17, 15) is 14.4 Å². The molecule has 1 aliphatic carbocycles. The molecule has 3 rings (SSSR count). The van der Waals surface area contributed by atoms with Crippen LogP contribution < -0.4 is 5.32 Å². The third kappa shape index (κ3) is 2.44. The minimum Gasteiger partial charge on any atom is -0.349 e. The summed E-state index contributed by atoms with van der Waals surface area (Å²) in [6.45, 7) is 0.178. The summed E-state index contributed by atoms with van der Waals surface area (Å²) >= 11 is 0. The van der Waals surface area contributed by atoms with E-state index in [-0.39, 0.29) is 18.5 Å². The van der Waals surface area contributed by atoms with E-state index in [1.807, 2.05) is 18.2 Å². The zero-order valence-corrected chi connectivity index (χ0v) is 12.0. The predicted octanol–water partition coefficient (Wildman–Crippen LogP) is 0.837.